The number of nitrogens with zero attached hydrogens (tertiary/aromatic N) is 3. The number of thiazole rings is 1. The van der Waals surface area contributed by atoms with Gasteiger partial charge >= 0.3 is 0 Å². The van der Waals surface area contributed by atoms with Gasteiger partial charge in [0.05, 0.1) is 15.6 Å². The van der Waals surface area contributed by atoms with E-state index >= 15 is 0 Å². The Morgan fingerprint density at radius 3 is 2.81 bits per heavy atom. The number of fused-ring (bicyclic) bond motifs is 4. The van der Waals surface area contributed by atoms with E-state index in [9.17, 15) is 4.79 Å². The number of para-hydroxylation sites is 2. The zero-order chi connectivity index (χ0) is 21.9. The minimum atomic E-state index is 0.0209. The highest BCUT2D eigenvalue weighted by Gasteiger charge is 2.36. The molecule has 160 valence electrons. The van der Waals surface area contributed by atoms with Gasteiger partial charge in [0.2, 0.25) is 0 Å². The molecular formula is C26H29N3OS. The molecule has 0 saturated heterocycles. The SMILES string of the molecule is CCCN1c2cc(C)c(/C=c3/sc4nc5ccccc5n4c3=O)cc2C(C)CC1(C)C. The highest BCUT2D eigenvalue weighted by molar-refractivity contribution is 7.15. The van der Waals surface area contributed by atoms with Crippen molar-refractivity contribution in [2.45, 2.75) is 58.9 Å². The Morgan fingerprint density at radius 1 is 1.26 bits per heavy atom. The molecule has 0 N–H and O–H groups in total. The van der Waals surface area contributed by atoms with Gasteiger partial charge in [-0.15, -0.1) is 0 Å². The summed E-state index contributed by atoms with van der Waals surface area (Å²) in [7, 11) is 0. The highest BCUT2D eigenvalue weighted by Crippen LogP contribution is 2.44. The van der Waals surface area contributed by atoms with Crippen LogP contribution in [0.25, 0.3) is 22.1 Å². The van der Waals surface area contributed by atoms with Gasteiger partial charge in [-0.3, -0.25) is 4.79 Å². The average Bonchev–Trinajstić information content (AvgIpc) is 3.22. The van der Waals surface area contributed by atoms with Crippen molar-refractivity contribution in [1.29, 1.82) is 0 Å². The van der Waals surface area contributed by atoms with Crippen LogP contribution in [0, 0.1) is 6.92 Å². The van der Waals surface area contributed by atoms with Crippen LogP contribution in [-0.2, 0) is 0 Å². The minimum Gasteiger partial charge on any atom is -0.366 e. The fraction of sp³-hybridized carbons (Fsp3) is 0.385. The number of imidazole rings is 1. The summed E-state index contributed by atoms with van der Waals surface area (Å²) < 4.78 is 2.48. The lowest BCUT2D eigenvalue weighted by Gasteiger charge is -2.48. The van der Waals surface area contributed by atoms with Crippen molar-refractivity contribution >= 4 is 39.1 Å². The third-order valence-corrected chi connectivity index (χ3v) is 7.62. The molecule has 0 radical (unpaired) electrons. The van der Waals surface area contributed by atoms with E-state index in [1.165, 1.54) is 28.2 Å². The van der Waals surface area contributed by atoms with Gasteiger partial charge in [-0.1, -0.05) is 37.3 Å². The largest absolute Gasteiger partial charge is 0.366 e. The molecule has 0 spiro atoms. The Bertz CT molecular complexity index is 1410. The van der Waals surface area contributed by atoms with Gasteiger partial charge in [0.1, 0.15) is 0 Å². The van der Waals surface area contributed by atoms with Crippen LogP contribution in [0.3, 0.4) is 0 Å². The van der Waals surface area contributed by atoms with Gasteiger partial charge in [-0.2, -0.15) is 0 Å². The standard InChI is InChI=1S/C26H29N3OS/c1-6-11-28-22-12-16(2)18(13-19(22)17(3)15-26(28,4)5)14-23-24(30)29-21-10-8-7-9-20(21)27-25(29)31-23/h7-10,12-14,17H,6,11,15H2,1-5H3/b23-14+. The van der Waals surface area contributed by atoms with Crippen molar-refractivity contribution in [2.24, 2.45) is 0 Å². The van der Waals surface area contributed by atoms with E-state index in [2.05, 4.69) is 62.7 Å². The van der Waals surface area contributed by atoms with Crippen LogP contribution in [0.4, 0.5) is 5.69 Å². The summed E-state index contributed by atoms with van der Waals surface area (Å²) in [5.41, 5.74) is 7.02. The normalized spacial score (nSPS) is 18.8. The average molecular weight is 432 g/mol. The van der Waals surface area contributed by atoms with Crippen molar-refractivity contribution in [1.82, 2.24) is 9.38 Å². The molecule has 31 heavy (non-hydrogen) atoms. The second kappa shape index (κ2) is 7.20. The molecule has 0 fully saturated rings. The molecule has 0 bridgehead atoms. The maximum absolute atomic E-state index is 13.2. The van der Waals surface area contributed by atoms with Crippen molar-refractivity contribution in [2.75, 3.05) is 11.4 Å². The predicted molar refractivity (Wildman–Crippen MR) is 132 cm³/mol. The summed E-state index contributed by atoms with van der Waals surface area (Å²) in [6, 6.07) is 12.5. The molecule has 1 atom stereocenters. The molecule has 1 aliphatic heterocycles. The van der Waals surface area contributed by atoms with Crippen LogP contribution in [-0.4, -0.2) is 21.5 Å². The Hall–Kier alpha value is -2.66. The fourth-order valence-electron chi connectivity index (χ4n) is 5.21. The van der Waals surface area contributed by atoms with Crippen molar-refractivity contribution in [3.05, 3.63) is 68.0 Å². The Balaban J connectivity index is 1.67. The third kappa shape index (κ3) is 3.18. The molecular weight excluding hydrogens is 402 g/mol. The molecule has 2 aromatic carbocycles. The number of rotatable bonds is 3. The molecule has 5 rings (SSSR count). The van der Waals surface area contributed by atoms with Crippen molar-refractivity contribution in [3.63, 3.8) is 0 Å². The molecule has 1 aliphatic rings. The summed E-state index contributed by atoms with van der Waals surface area (Å²) >= 11 is 1.47. The summed E-state index contributed by atoms with van der Waals surface area (Å²) in [4.78, 5) is 21.2. The first-order valence-electron chi connectivity index (χ1n) is 11.1. The second-order valence-electron chi connectivity index (χ2n) is 9.47. The molecule has 2 aromatic heterocycles. The Kier molecular flexibility index (Phi) is 4.70. The minimum absolute atomic E-state index is 0.0209. The van der Waals surface area contributed by atoms with Gasteiger partial charge < -0.3 is 4.90 Å². The fourth-order valence-corrected chi connectivity index (χ4v) is 6.18. The van der Waals surface area contributed by atoms with Crippen LogP contribution < -0.4 is 15.0 Å². The first-order valence-corrected chi connectivity index (χ1v) is 12.0. The summed E-state index contributed by atoms with van der Waals surface area (Å²) in [6.07, 6.45) is 4.32. The number of aryl methyl sites for hydroxylation is 1. The number of benzene rings is 2. The monoisotopic (exact) mass is 431 g/mol. The van der Waals surface area contributed by atoms with E-state index < -0.39 is 0 Å². The lowest BCUT2D eigenvalue weighted by Crippen LogP contribution is -2.48. The highest BCUT2D eigenvalue weighted by atomic mass is 32.1. The van der Waals surface area contributed by atoms with Crippen LogP contribution in [0.15, 0.2) is 41.2 Å². The first-order chi connectivity index (χ1) is 14.8. The molecule has 0 amide bonds. The third-order valence-electron chi connectivity index (χ3n) is 6.65. The number of aromatic nitrogens is 2. The number of hydrogen-bond acceptors (Lipinski definition) is 4. The van der Waals surface area contributed by atoms with Crippen molar-refractivity contribution in [3.8, 4) is 0 Å². The van der Waals surface area contributed by atoms with Gasteiger partial charge in [-0.05, 0) is 86.6 Å². The zero-order valence-electron chi connectivity index (χ0n) is 18.9. The number of hydrogen-bond donors (Lipinski definition) is 0. The quantitative estimate of drug-likeness (QED) is 0.444. The second-order valence-corrected chi connectivity index (χ2v) is 10.5. The topological polar surface area (TPSA) is 37.6 Å². The van der Waals surface area contributed by atoms with Crippen LogP contribution >= 0.6 is 11.3 Å². The van der Waals surface area contributed by atoms with Crippen molar-refractivity contribution < 1.29 is 0 Å². The van der Waals surface area contributed by atoms with Crippen LogP contribution in [0.2, 0.25) is 0 Å². The van der Waals surface area contributed by atoms with Gasteiger partial charge in [-0.25, -0.2) is 9.38 Å². The molecule has 0 saturated carbocycles. The van der Waals surface area contributed by atoms with E-state index in [0.29, 0.717) is 5.92 Å². The molecule has 4 nitrogen and oxygen atoms in total. The van der Waals surface area contributed by atoms with E-state index in [0.717, 1.165) is 45.5 Å². The summed E-state index contributed by atoms with van der Waals surface area (Å²) in [5, 5.41) is 0. The predicted octanol–water partition coefficient (Wildman–Crippen LogP) is 5.27. The summed E-state index contributed by atoms with van der Waals surface area (Å²) in [6.45, 7) is 12.5. The van der Waals surface area contributed by atoms with Gasteiger partial charge in [0.15, 0.2) is 4.96 Å². The van der Waals surface area contributed by atoms with E-state index in [4.69, 9.17) is 0 Å². The molecule has 1 unspecified atom stereocenters. The lowest BCUT2D eigenvalue weighted by atomic mass is 9.79. The smallest absolute Gasteiger partial charge is 0.274 e. The van der Waals surface area contributed by atoms with Crippen LogP contribution in [0.1, 0.15) is 63.1 Å². The van der Waals surface area contributed by atoms with Gasteiger partial charge in [0.25, 0.3) is 5.56 Å². The lowest BCUT2D eigenvalue weighted by molar-refractivity contribution is 0.376. The van der Waals surface area contributed by atoms with Crippen LogP contribution in [0.5, 0.6) is 0 Å². The van der Waals surface area contributed by atoms with E-state index in [-0.39, 0.29) is 11.1 Å². The first kappa shape index (κ1) is 20.3. The van der Waals surface area contributed by atoms with E-state index in [1.54, 1.807) is 4.40 Å². The maximum Gasteiger partial charge on any atom is 0.274 e. The Labute approximate surface area is 186 Å². The Morgan fingerprint density at radius 2 is 2.03 bits per heavy atom. The van der Waals surface area contributed by atoms with E-state index in [1.807, 2.05) is 24.3 Å². The summed E-state index contributed by atoms with van der Waals surface area (Å²) in [5.74, 6) is 0.488. The molecule has 5 heteroatoms. The zero-order valence-corrected chi connectivity index (χ0v) is 19.7. The molecule has 4 aromatic rings. The molecule has 3 heterocycles. The maximum atomic E-state index is 13.2. The molecule has 0 aliphatic carbocycles. The number of anilines is 1. The van der Waals surface area contributed by atoms with Gasteiger partial charge in [0, 0.05) is 17.8 Å².